The predicted octanol–water partition coefficient (Wildman–Crippen LogP) is 4.19. The van der Waals surface area contributed by atoms with Crippen LogP contribution in [0.5, 0.6) is 0 Å². The quantitative estimate of drug-likeness (QED) is 0.498. The Labute approximate surface area is 162 Å². The minimum Gasteiger partial charge on any atom is -0.370 e. The summed E-state index contributed by atoms with van der Waals surface area (Å²) in [5, 5.41) is 16.6. The van der Waals surface area contributed by atoms with Crippen LogP contribution in [0.15, 0.2) is 54.6 Å². The number of hydrogen-bond donors (Lipinski definition) is 2. The highest BCUT2D eigenvalue weighted by molar-refractivity contribution is 5.89. The lowest BCUT2D eigenvalue weighted by molar-refractivity contribution is 0.631. The molecule has 2 aromatic heterocycles. The average molecular weight is 373 g/mol. The topological polar surface area (TPSA) is 65.1 Å². The van der Waals surface area contributed by atoms with Crippen LogP contribution >= 0.6 is 0 Å². The Morgan fingerprint density at radius 1 is 1.07 bits per heavy atom. The zero-order valence-electron chi connectivity index (χ0n) is 15.5. The van der Waals surface area contributed by atoms with Gasteiger partial charge >= 0.3 is 0 Å². The Balaban J connectivity index is 1.99. The molecule has 0 saturated carbocycles. The van der Waals surface area contributed by atoms with Crippen LogP contribution in [0.1, 0.15) is 12.5 Å². The molecule has 0 aliphatic rings. The van der Waals surface area contributed by atoms with E-state index in [9.17, 15) is 9.65 Å². The van der Waals surface area contributed by atoms with Gasteiger partial charge in [-0.25, -0.2) is 9.37 Å². The zero-order valence-corrected chi connectivity index (χ0v) is 15.5. The lowest BCUT2D eigenvalue weighted by atomic mass is 10.0. The van der Waals surface area contributed by atoms with Gasteiger partial charge in [0.1, 0.15) is 23.3 Å². The molecule has 140 valence electrons. The van der Waals surface area contributed by atoms with E-state index in [0.717, 1.165) is 29.9 Å². The first-order chi connectivity index (χ1) is 13.7. The van der Waals surface area contributed by atoms with Gasteiger partial charge in [-0.1, -0.05) is 37.3 Å². The van der Waals surface area contributed by atoms with Crippen molar-refractivity contribution in [2.45, 2.75) is 6.92 Å². The van der Waals surface area contributed by atoms with Crippen LogP contribution in [0.3, 0.4) is 0 Å². The SMILES string of the molecule is CCNCCNc1cc(-c2ccccc2F)c(C#N)c2nc3ccccc3n12. The van der Waals surface area contributed by atoms with E-state index in [4.69, 9.17) is 0 Å². The highest BCUT2D eigenvalue weighted by atomic mass is 19.1. The van der Waals surface area contributed by atoms with Crippen molar-refractivity contribution >= 4 is 22.5 Å². The molecule has 0 saturated heterocycles. The number of anilines is 1. The first-order valence-corrected chi connectivity index (χ1v) is 9.28. The van der Waals surface area contributed by atoms with Gasteiger partial charge in [0.25, 0.3) is 0 Å². The number of nitrogens with zero attached hydrogens (tertiary/aromatic N) is 3. The molecular weight excluding hydrogens is 353 g/mol. The summed E-state index contributed by atoms with van der Waals surface area (Å²) < 4.78 is 16.4. The number of hydrogen-bond acceptors (Lipinski definition) is 4. The van der Waals surface area contributed by atoms with Gasteiger partial charge < -0.3 is 10.6 Å². The highest BCUT2D eigenvalue weighted by Gasteiger charge is 2.19. The summed E-state index contributed by atoms with van der Waals surface area (Å²) in [5.41, 5.74) is 3.51. The van der Waals surface area contributed by atoms with Gasteiger partial charge in [-0.3, -0.25) is 4.40 Å². The number of likely N-dealkylation sites (N-methyl/N-ethyl adjacent to an activating group) is 1. The third kappa shape index (κ3) is 3.06. The number of imidazole rings is 1. The standard InChI is InChI=1S/C22H20FN5/c1-2-25-11-12-26-21-13-16(15-7-3-4-8-18(15)23)17(14-24)22-27-19-9-5-6-10-20(19)28(21)22/h3-10,13,25-26H,2,11-12H2,1H3. The lowest BCUT2D eigenvalue weighted by Gasteiger charge is -2.14. The van der Waals surface area contributed by atoms with Crippen LogP contribution in [0.25, 0.3) is 27.8 Å². The number of aromatic nitrogens is 2. The van der Waals surface area contributed by atoms with Gasteiger partial charge in [0.15, 0.2) is 5.65 Å². The maximum absolute atomic E-state index is 14.5. The van der Waals surface area contributed by atoms with Crippen LogP contribution in [0, 0.1) is 17.1 Å². The van der Waals surface area contributed by atoms with Crippen LogP contribution in [-0.4, -0.2) is 29.0 Å². The molecule has 0 spiro atoms. The molecule has 0 bridgehead atoms. The second kappa shape index (κ2) is 7.67. The maximum Gasteiger partial charge on any atom is 0.158 e. The van der Waals surface area contributed by atoms with E-state index in [1.165, 1.54) is 6.07 Å². The summed E-state index contributed by atoms with van der Waals surface area (Å²) in [6.07, 6.45) is 0. The number of fused-ring (bicyclic) bond motifs is 3. The minimum atomic E-state index is -0.363. The van der Waals surface area contributed by atoms with Crippen molar-refractivity contribution in [2.24, 2.45) is 0 Å². The molecule has 6 heteroatoms. The Hall–Kier alpha value is -3.43. The molecule has 2 heterocycles. The van der Waals surface area contributed by atoms with Crippen molar-refractivity contribution in [3.63, 3.8) is 0 Å². The predicted molar refractivity (Wildman–Crippen MR) is 110 cm³/mol. The van der Waals surface area contributed by atoms with Gasteiger partial charge in [-0.2, -0.15) is 5.26 Å². The Morgan fingerprint density at radius 3 is 2.64 bits per heavy atom. The van der Waals surface area contributed by atoms with E-state index in [1.807, 2.05) is 34.7 Å². The fraction of sp³-hybridized carbons (Fsp3) is 0.182. The fourth-order valence-corrected chi connectivity index (χ4v) is 3.42. The number of pyridine rings is 1. The van der Waals surface area contributed by atoms with Crippen LogP contribution < -0.4 is 10.6 Å². The van der Waals surface area contributed by atoms with Gasteiger partial charge in [-0.05, 0) is 30.8 Å². The molecule has 0 amide bonds. The van der Waals surface area contributed by atoms with Crippen molar-refractivity contribution in [1.82, 2.24) is 14.7 Å². The first kappa shape index (κ1) is 18.0. The van der Waals surface area contributed by atoms with Crippen molar-refractivity contribution in [1.29, 1.82) is 5.26 Å². The number of halogens is 1. The third-order valence-corrected chi connectivity index (χ3v) is 4.71. The number of nitriles is 1. The molecule has 0 aliphatic carbocycles. The smallest absolute Gasteiger partial charge is 0.158 e. The summed E-state index contributed by atoms with van der Waals surface area (Å²) in [6.45, 7) is 4.43. The van der Waals surface area contributed by atoms with Crippen LogP contribution in [-0.2, 0) is 0 Å². The second-order valence-corrected chi connectivity index (χ2v) is 6.45. The number of para-hydroxylation sites is 2. The van der Waals surface area contributed by atoms with Crippen LogP contribution in [0.4, 0.5) is 10.2 Å². The van der Waals surface area contributed by atoms with E-state index in [0.29, 0.717) is 28.9 Å². The van der Waals surface area contributed by atoms with Crippen molar-refractivity contribution in [3.05, 3.63) is 66.0 Å². The molecule has 4 rings (SSSR count). The van der Waals surface area contributed by atoms with E-state index in [-0.39, 0.29) is 5.82 Å². The van der Waals surface area contributed by atoms with E-state index in [1.54, 1.807) is 18.2 Å². The monoisotopic (exact) mass is 373 g/mol. The average Bonchev–Trinajstić information content (AvgIpc) is 3.11. The molecule has 0 radical (unpaired) electrons. The first-order valence-electron chi connectivity index (χ1n) is 9.28. The Morgan fingerprint density at radius 2 is 1.86 bits per heavy atom. The summed E-state index contributed by atoms with van der Waals surface area (Å²) in [5.74, 6) is 0.414. The van der Waals surface area contributed by atoms with Gasteiger partial charge in [0.05, 0.1) is 11.0 Å². The van der Waals surface area contributed by atoms with Crippen molar-refractivity contribution < 1.29 is 4.39 Å². The largest absolute Gasteiger partial charge is 0.370 e. The van der Waals surface area contributed by atoms with Gasteiger partial charge in [0.2, 0.25) is 0 Å². The van der Waals surface area contributed by atoms with Crippen molar-refractivity contribution in [3.8, 4) is 17.2 Å². The maximum atomic E-state index is 14.5. The highest BCUT2D eigenvalue weighted by Crippen LogP contribution is 2.33. The molecule has 2 aromatic carbocycles. The Bertz CT molecular complexity index is 1190. The molecule has 5 nitrogen and oxygen atoms in total. The molecule has 0 aliphatic heterocycles. The number of nitrogens with one attached hydrogen (secondary N) is 2. The van der Waals surface area contributed by atoms with Gasteiger partial charge in [0, 0.05) is 24.2 Å². The summed E-state index contributed by atoms with van der Waals surface area (Å²) in [7, 11) is 0. The minimum absolute atomic E-state index is 0.360. The zero-order chi connectivity index (χ0) is 19.5. The molecule has 4 aromatic rings. The van der Waals surface area contributed by atoms with E-state index < -0.39 is 0 Å². The molecule has 0 unspecified atom stereocenters. The molecule has 2 N–H and O–H groups in total. The fourth-order valence-electron chi connectivity index (χ4n) is 3.42. The lowest BCUT2D eigenvalue weighted by Crippen LogP contribution is -2.22. The van der Waals surface area contributed by atoms with Gasteiger partial charge in [-0.15, -0.1) is 0 Å². The molecular formula is C22H20FN5. The van der Waals surface area contributed by atoms with E-state index in [2.05, 4.69) is 28.6 Å². The summed E-state index contributed by atoms with van der Waals surface area (Å²) in [4.78, 5) is 4.67. The molecule has 0 atom stereocenters. The number of benzene rings is 2. The third-order valence-electron chi connectivity index (χ3n) is 4.71. The number of rotatable bonds is 6. The molecule has 28 heavy (non-hydrogen) atoms. The Kier molecular flexibility index (Phi) is 4.92. The van der Waals surface area contributed by atoms with Crippen molar-refractivity contribution in [2.75, 3.05) is 25.0 Å². The summed E-state index contributed by atoms with van der Waals surface area (Å²) in [6, 6.07) is 18.3. The van der Waals surface area contributed by atoms with Crippen LogP contribution in [0.2, 0.25) is 0 Å². The second-order valence-electron chi connectivity index (χ2n) is 6.45. The summed E-state index contributed by atoms with van der Waals surface area (Å²) >= 11 is 0. The normalized spacial score (nSPS) is 11.0. The van der Waals surface area contributed by atoms with E-state index >= 15 is 0 Å². The molecule has 0 fully saturated rings.